The predicted molar refractivity (Wildman–Crippen MR) is 204 cm³/mol. The second kappa shape index (κ2) is 14.7. The van der Waals surface area contributed by atoms with Crippen molar-refractivity contribution in [1.29, 1.82) is 0 Å². The molecule has 0 amide bonds. The Morgan fingerprint density at radius 2 is 0.688 bits per heavy atom. The van der Waals surface area contributed by atoms with Gasteiger partial charge in [-0.25, -0.2) is 0 Å². The molecule has 0 fully saturated rings. The monoisotopic (exact) mass is 658 g/mol. The highest BCUT2D eigenvalue weighted by atomic mass is 32.2. The van der Waals surface area contributed by atoms with E-state index in [0.29, 0.717) is 11.5 Å². The number of para-hydroxylation sites is 2. The van der Waals surface area contributed by atoms with Crippen molar-refractivity contribution in [2.75, 3.05) is 0 Å². The van der Waals surface area contributed by atoms with Crippen molar-refractivity contribution < 1.29 is 10.2 Å². The highest BCUT2D eigenvalue weighted by molar-refractivity contribution is 7.99. The molecule has 0 bridgehead atoms. The Morgan fingerprint density at radius 3 is 1.15 bits per heavy atom. The predicted octanol–water partition coefficient (Wildman–Crippen LogP) is 12.4. The first-order valence-corrected chi connectivity index (χ1v) is 17.9. The molecule has 0 heterocycles. The van der Waals surface area contributed by atoms with Crippen LogP contribution in [0.1, 0.15) is 11.1 Å². The quantitative estimate of drug-likeness (QED) is 0.144. The topological polar surface area (TPSA) is 40.5 Å². The fourth-order valence-electron chi connectivity index (χ4n) is 5.98. The molecule has 7 aromatic rings. The Kier molecular flexibility index (Phi) is 9.65. The van der Waals surface area contributed by atoms with Gasteiger partial charge in [0.1, 0.15) is 11.5 Å². The molecule has 0 atom stereocenters. The standard InChI is InChI=1S/C44H34O2S2/c45-43-35(33-16-3-1-4-17-33)22-12-24-39(43)37-20-7-9-26-41(37)47-29-31-14-11-15-32(28-31)30-48-42-27-10-8-21-38(42)40-25-13-23-36(44(40)46)34-18-5-2-6-19-34/h1-28,45-46H,29-30H2. The molecule has 0 spiro atoms. The first-order chi connectivity index (χ1) is 23.7. The number of phenolic OH excluding ortho intramolecular Hbond substituents is 2. The molecule has 48 heavy (non-hydrogen) atoms. The first kappa shape index (κ1) is 31.4. The van der Waals surface area contributed by atoms with E-state index in [1.54, 1.807) is 23.5 Å². The van der Waals surface area contributed by atoms with E-state index >= 15 is 0 Å². The summed E-state index contributed by atoms with van der Waals surface area (Å²) < 4.78 is 0. The molecule has 234 valence electrons. The van der Waals surface area contributed by atoms with E-state index in [4.69, 9.17) is 0 Å². The molecule has 7 rings (SSSR count). The summed E-state index contributed by atoms with van der Waals surface area (Å²) in [6.45, 7) is 0. The van der Waals surface area contributed by atoms with E-state index in [9.17, 15) is 10.2 Å². The fraction of sp³-hybridized carbons (Fsp3) is 0.0455. The van der Waals surface area contributed by atoms with Crippen molar-refractivity contribution in [1.82, 2.24) is 0 Å². The van der Waals surface area contributed by atoms with Crippen molar-refractivity contribution in [3.8, 4) is 56.0 Å². The van der Waals surface area contributed by atoms with Crippen LogP contribution >= 0.6 is 23.5 Å². The fourth-order valence-corrected chi connectivity index (χ4v) is 8.00. The average molecular weight is 659 g/mol. The van der Waals surface area contributed by atoms with E-state index in [1.165, 1.54) is 11.1 Å². The van der Waals surface area contributed by atoms with E-state index < -0.39 is 0 Å². The number of hydrogen-bond acceptors (Lipinski definition) is 4. The average Bonchev–Trinajstić information content (AvgIpc) is 3.15. The lowest BCUT2D eigenvalue weighted by molar-refractivity contribution is 0.478. The van der Waals surface area contributed by atoms with Gasteiger partial charge in [-0.05, 0) is 45.5 Å². The second-order valence-electron chi connectivity index (χ2n) is 11.5. The third-order valence-corrected chi connectivity index (χ3v) is 10.7. The van der Waals surface area contributed by atoms with Crippen molar-refractivity contribution in [3.63, 3.8) is 0 Å². The summed E-state index contributed by atoms with van der Waals surface area (Å²) in [5.74, 6) is 2.23. The first-order valence-electron chi connectivity index (χ1n) is 15.9. The Bertz CT molecular complexity index is 2010. The number of thioether (sulfide) groups is 2. The number of phenols is 2. The number of hydrogen-bond donors (Lipinski definition) is 2. The maximum atomic E-state index is 11.3. The molecule has 0 saturated heterocycles. The van der Waals surface area contributed by atoms with E-state index in [0.717, 1.165) is 65.8 Å². The van der Waals surface area contributed by atoms with Gasteiger partial charge in [-0.3, -0.25) is 0 Å². The lowest BCUT2D eigenvalue weighted by Crippen LogP contribution is -1.90. The van der Waals surface area contributed by atoms with Crippen LogP contribution in [-0.4, -0.2) is 10.2 Å². The van der Waals surface area contributed by atoms with Crippen molar-refractivity contribution >= 4 is 23.5 Å². The van der Waals surface area contributed by atoms with Gasteiger partial charge in [0.2, 0.25) is 0 Å². The summed E-state index contributed by atoms with van der Waals surface area (Å²) in [4.78, 5) is 2.26. The summed E-state index contributed by atoms with van der Waals surface area (Å²) in [5.41, 5.74) is 9.88. The molecular weight excluding hydrogens is 625 g/mol. The molecule has 0 aromatic heterocycles. The molecule has 7 aromatic carbocycles. The van der Waals surface area contributed by atoms with Gasteiger partial charge < -0.3 is 10.2 Å². The third-order valence-electron chi connectivity index (χ3n) is 8.38. The van der Waals surface area contributed by atoms with Gasteiger partial charge >= 0.3 is 0 Å². The summed E-state index contributed by atoms with van der Waals surface area (Å²) in [5, 5.41) is 22.7. The van der Waals surface area contributed by atoms with Crippen LogP contribution in [0.5, 0.6) is 11.5 Å². The van der Waals surface area contributed by atoms with Crippen molar-refractivity contribution in [2.24, 2.45) is 0 Å². The minimum absolute atomic E-state index is 0.302. The minimum Gasteiger partial charge on any atom is -0.507 e. The van der Waals surface area contributed by atoms with Crippen LogP contribution in [0.25, 0.3) is 44.5 Å². The summed E-state index contributed by atoms with van der Waals surface area (Å²) in [6, 6.07) is 57.4. The maximum absolute atomic E-state index is 11.3. The van der Waals surface area contributed by atoms with Crippen LogP contribution in [0.4, 0.5) is 0 Å². The zero-order valence-corrected chi connectivity index (χ0v) is 27.9. The van der Waals surface area contributed by atoms with Crippen LogP contribution in [0, 0.1) is 0 Å². The van der Waals surface area contributed by atoms with Gasteiger partial charge in [0.25, 0.3) is 0 Å². The Hall–Kier alpha value is -5.16. The van der Waals surface area contributed by atoms with Gasteiger partial charge in [0.15, 0.2) is 0 Å². The third kappa shape index (κ3) is 6.91. The van der Waals surface area contributed by atoms with Crippen molar-refractivity contribution in [2.45, 2.75) is 21.3 Å². The molecule has 2 nitrogen and oxygen atoms in total. The van der Waals surface area contributed by atoms with Gasteiger partial charge in [-0.2, -0.15) is 0 Å². The Balaban J connectivity index is 1.08. The zero-order chi connectivity index (χ0) is 32.7. The lowest BCUT2D eigenvalue weighted by atomic mass is 9.97. The molecule has 0 aliphatic heterocycles. The molecule has 0 aliphatic rings. The summed E-state index contributed by atoms with van der Waals surface area (Å²) in [7, 11) is 0. The SMILES string of the molecule is Oc1c(-c2ccccc2)cccc1-c1ccccc1SCc1cccc(CSc2ccccc2-c2cccc(-c3ccccc3)c2O)c1. The molecule has 0 aliphatic carbocycles. The van der Waals surface area contributed by atoms with Crippen LogP contribution in [0.2, 0.25) is 0 Å². The minimum atomic E-state index is 0.302. The van der Waals surface area contributed by atoms with E-state index in [1.807, 2.05) is 109 Å². The van der Waals surface area contributed by atoms with Crippen LogP contribution in [-0.2, 0) is 11.5 Å². The maximum Gasteiger partial charge on any atom is 0.131 e. The highest BCUT2D eigenvalue weighted by Crippen LogP contribution is 2.43. The zero-order valence-electron chi connectivity index (χ0n) is 26.3. The summed E-state index contributed by atoms with van der Waals surface area (Å²) >= 11 is 3.57. The van der Waals surface area contributed by atoms with Gasteiger partial charge in [-0.1, -0.05) is 158 Å². The molecule has 4 heteroatoms. The van der Waals surface area contributed by atoms with Crippen LogP contribution in [0.3, 0.4) is 0 Å². The lowest BCUT2D eigenvalue weighted by Gasteiger charge is -2.15. The molecule has 0 radical (unpaired) electrons. The smallest absolute Gasteiger partial charge is 0.131 e. The number of aromatic hydroxyl groups is 2. The summed E-state index contributed by atoms with van der Waals surface area (Å²) in [6.07, 6.45) is 0. The highest BCUT2D eigenvalue weighted by Gasteiger charge is 2.16. The van der Waals surface area contributed by atoms with Crippen LogP contribution < -0.4 is 0 Å². The number of rotatable bonds is 10. The molecule has 0 saturated carbocycles. The Labute approximate surface area is 290 Å². The van der Waals surface area contributed by atoms with Crippen molar-refractivity contribution in [3.05, 3.63) is 181 Å². The molecule has 0 unspecified atom stereocenters. The molecule has 2 N–H and O–H groups in total. The van der Waals surface area contributed by atoms with Gasteiger partial charge in [-0.15, -0.1) is 23.5 Å². The van der Waals surface area contributed by atoms with E-state index in [-0.39, 0.29) is 0 Å². The second-order valence-corrected chi connectivity index (χ2v) is 13.6. The largest absolute Gasteiger partial charge is 0.507 e. The Morgan fingerprint density at radius 1 is 0.333 bits per heavy atom. The van der Waals surface area contributed by atoms with Gasteiger partial charge in [0.05, 0.1) is 0 Å². The van der Waals surface area contributed by atoms with Gasteiger partial charge in [0, 0.05) is 43.6 Å². The normalized spacial score (nSPS) is 11.0. The van der Waals surface area contributed by atoms with Crippen LogP contribution in [0.15, 0.2) is 180 Å². The molecular formula is C44H34O2S2. The van der Waals surface area contributed by atoms with E-state index in [2.05, 4.69) is 60.7 Å². The number of benzene rings is 7.